The van der Waals surface area contributed by atoms with E-state index in [0.717, 1.165) is 0 Å². The molecule has 0 nitrogen and oxygen atoms in total. The molecule has 0 aliphatic rings. The topological polar surface area (TPSA) is 0 Å². The van der Waals surface area contributed by atoms with Crippen molar-refractivity contribution in [2.45, 2.75) is 0 Å². The van der Waals surface area contributed by atoms with E-state index in [4.69, 9.17) is 0 Å². The Labute approximate surface area is 99.1 Å². The summed E-state index contributed by atoms with van der Waals surface area (Å²) in [6.07, 6.45) is 0. The second-order valence-electron chi connectivity index (χ2n) is 2.64. The van der Waals surface area contributed by atoms with E-state index in [1.165, 1.54) is 33.2 Å². The van der Waals surface area contributed by atoms with Gasteiger partial charge in [-0.2, -0.15) is 0 Å². The molecule has 0 bridgehead atoms. The van der Waals surface area contributed by atoms with Crippen LogP contribution in [-0.2, 0) is 18.3 Å². The molecule has 0 spiro atoms. The van der Waals surface area contributed by atoms with Gasteiger partial charge in [0.15, 0.2) is 0 Å². The van der Waals surface area contributed by atoms with Gasteiger partial charge in [-0.15, -0.1) is 0 Å². The Morgan fingerprint density at radius 2 is 1.50 bits per heavy atom. The zero-order chi connectivity index (χ0) is 7.68. The summed E-state index contributed by atoms with van der Waals surface area (Å²) in [7, 11) is 0. The summed E-state index contributed by atoms with van der Waals surface area (Å²) in [6, 6.07) is 15.0. The van der Waals surface area contributed by atoms with E-state index >= 15 is 0 Å². The van der Waals surface area contributed by atoms with Gasteiger partial charge in [-0.3, -0.25) is 0 Å². The van der Waals surface area contributed by atoms with Crippen LogP contribution in [-0.4, -0.2) is 0 Å². The Hall–Kier alpha value is 0.0534. The Kier molecular flexibility index (Phi) is 3.66. The number of hydrogen-bond acceptors (Lipinski definition) is 0. The zero-order valence-electron chi connectivity index (χ0n) is 6.63. The first-order valence-electron chi connectivity index (χ1n) is 3.67. The Morgan fingerprint density at radius 3 is 2.25 bits per heavy atom. The van der Waals surface area contributed by atoms with Crippen molar-refractivity contribution >= 4 is 14.9 Å². The molecule has 0 aromatic heterocycles. The maximum absolute atomic E-state index is 2.20. The second kappa shape index (κ2) is 4.33. The van der Waals surface area contributed by atoms with Crippen LogP contribution in [0.2, 0.25) is 0 Å². The standard InChI is InChI=1S/C10H7.HI.Zn/c1-2-6-10-8-4-3-7-9(10)5-1;;/h1-7H;1H;/q;;+1/p-1. The van der Waals surface area contributed by atoms with Crippen LogP contribution in [0.15, 0.2) is 42.5 Å². The molecule has 2 aromatic rings. The summed E-state index contributed by atoms with van der Waals surface area (Å²) in [5, 5.41) is 2.77. The molecule has 0 atom stereocenters. The van der Waals surface area contributed by atoms with Gasteiger partial charge in [-0.1, -0.05) is 0 Å². The van der Waals surface area contributed by atoms with Gasteiger partial charge >= 0.3 is 75.7 Å². The van der Waals surface area contributed by atoms with Crippen LogP contribution >= 0.6 is 0 Å². The molecule has 2 rings (SSSR count). The SMILES string of the molecule is [I-].[Zn+][c]1cccc2ccccc12. The third-order valence-electron chi connectivity index (χ3n) is 1.88. The second-order valence-corrected chi connectivity index (χ2v) is 4.24. The van der Waals surface area contributed by atoms with E-state index in [-0.39, 0.29) is 24.0 Å². The number of rotatable bonds is 0. The summed E-state index contributed by atoms with van der Waals surface area (Å²) >= 11 is 1.24. The van der Waals surface area contributed by atoms with Gasteiger partial charge in [-0.05, 0) is 0 Å². The van der Waals surface area contributed by atoms with E-state index in [1.807, 2.05) is 0 Å². The molecular formula is C10H7IZn. The molecule has 0 fully saturated rings. The van der Waals surface area contributed by atoms with Gasteiger partial charge in [-0.25, -0.2) is 0 Å². The van der Waals surface area contributed by atoms with Crippen LogP contribution in [0.3, 0.4) is 0 Å². The van der Waals surface area contributed by atoms with Crippen LogP contribution in [0.25, 0.3) is 10.8 Å². The van der Waals surface area contributed by atoms with Gasteiger partial charge in [0.1, 0.15) is 0 Å². The third-order valence-corrected chi connectivity index (χ3v) is 3.17. The van der Waals surface area contributed by atoms with Crippen molar-refractivity contribution in [3.8, 4) is 0 Å². The van der Waals surface area contributed by atoms with Crippen molar-refractivity contribution in [2.75, 3.05) is 0 Å². The molecule has 0 saturated carbocycles. The van der Waals surface area contributed by atoms with E-state index in [0.29, 0.717) is 0 Å². The van der Waals surface area contributed by atoms with Crippen LogP contribution in [0, 0.1) is 0 Å². The average molecular weight is 319 g/mol. The molecule has 0 amide bonds. The van der Waals surface area contributed by atoms with E-state index in [1.54, 1.807) is 0 Å². The predicted molar refractivity (Wildman–Crippen MR) is 43.6 cm³/mol. The summed E-state index contributed by atoms with van der Waals surface area (Å²) in [5.41, 5.74) is 0. The molecule has 0 unspecified atom stereocenters. The zero-order valence-corrected chi connectivity index (χ0v) is 11.8. The molecule has 0 aliphatic carbocycles. The molecular weight excluding hydrogens is 312 g/mol. The number of halogens is 1. The minimum atomic E-state index is 0. The third kappa shape index (κ3) is 1.86. The molecule has 0 aliphatic heterocycles. The summed E-state index contributed by atoms with van der Waals surface area (Å²) in [6.45, 7) is 0. The van der Waals surface area contributed by atoms with E-state index in [2.05, 4.69) is 42.5 Å². The molecule has 56 valence electrons. The predicted octanol–water partition coefficient (Wildman–Crippen LogP) is -0.984. The molecule has 2 aromatic carbocycles. The first-order valence-corrected chi connectivity index (χ1v) is 5.16. The Balaban J connectivity index is 0.000000720. The summed E-state index contributed by atoms with van der Waals surface area (Å²) in [5.74, 6) is 0. The molecule has 12 heavy (non-hydrogen) atoms. The fourth-order valence-corrected chi connectivity index (χ4v) is 2.25. The van der Waals surface area contributed by atoms with Crippen molar-refractivity contribution in [2.24, 2.45) is 0 Å². The van der Waals surface area contributed by atoms with Crippen molar-refractivity contribution in [3.63, 3.8) is 0 Å². The molecule has 2 heteroatoms. The van der Waals surface area contributed by atoms with E-state index in [9.17, 15) is 0 Å². The first-order chi connectivity index (χ1) is 5.38. The first kappa shape index (κ1) is 10.1. The quantitative estimate of drug-likeness (QED) is 0.432. The van der Waals surface area contributed by atoms with Crippen LogP contribution < -0.4 is 28.1 Å². The molecule has 0 N–H and O–H groups in total. The average Bonchev–Trinajstić information content (AvgIpc) is 2.06. The van der Waals surface area contributed by atoms with Gasteiger partial charge in [0.2, 0.25) is 0 Å². The fourth-order valence-electron chi connectivity index (χ4n) is 1.29. The fraction of sp³-hybridized carbons (Fsp3) is 0. The van der Waals surface area contributed by atoms with Crippen molar-refractivity contribution in [1.82, 2.24) is 0 Å². The Bertz CT molecular complexity index is 379. The Morgan fingerprint density at radius 1 is 0.833 bits per heavy atom. The summed E-state index contributed by atoms with van der Waals surface area (Å²) < 4.78 is 1.48. The van der Waals surface area contributed by atoms with Gasteiger partial charge in [0, 0.05) is 0 Å². The van der Waals surface area contributed by atoms with Crippen molar-refractivity contribution < 1.29 is 42.3 Å². The molecule has 0 saturated heterocycles. The van der Waals surface area contributed by atoms with Crippen LogP contribution in [0.4, 0.5) is 0 Å². The minimum absolute atomic E-state index is 0. The van der Waals surface area contributed by atoms with Gasteiger partial charge in [0.25, 0.3) is 0 Å². The van der Waals surface area contributed by atoms with Crippen molar-refractivity contribution in [3.05, 3.63) is 42.5 Å². The van der Waals surface area contributed by atoms with Crippen molar-refractivity contribution in [1.29, 1.82) is 0 Å². The normalized spacial score (nSPS) is 9.50. The van der Waals surface area contributed by atoms with Crippen LogP contribution in [0.1, 0.15) is 0 Å². The number of fused-ring (bicyclic) bond motifs is 1. The molecule has 0 heterocycles. The number of benzene rings is 2. The van der Waals surface area contributed by atoms with E-state index < -0.39 is 0 Å². The summed E-state index contributed by atoms with van der Waals surface area (Å²) in [4.78, 5) is 0. The van der Waals surface area contributed by atoms with Gasteiger partial charge in [0.05, 0.1) is 0 Å². The monoisotopic (exact) mass is 318 g/mol. The molecule has 0 radical (unpaired) electrons. The van der Waals surface area contributed by atoms with Gasteiger partial charge < -0.3 is 24.0 Å². The number of hydrogen-bond donors (Lipinski definition) is 0. The maximum atomic E-state index is 2.20. The van der Waals surface area contributed by atoms with Crippen LogP contribution in [0.5, 0.6) is 0 Å².